The third kappa shape index (κ3) is 6.33. The van der Waals surface area contributed by atoms with Gasteiger partial charge in [-0.2, -0.15) is 0 Å². The molecule has 0 radical (unpaired) electrons. The standard InChI is InChI=1S/C14H21N5O9P2S/c1-3-4-31-14-17-12(15-2)11-13(18-14)19(7-16-11)10-5-8(28-30(23,24)25)9(27-10)6-26-29(20,21)22/h3,7-10H,1,4-6H2,2H3,(H,15,17,18)(H2,20,21,22)(H2,23,24,25)/t8-,9+,10+/m0/s1. The molecule has 0 amide bonds. The van der Waals surface area contributed by atoms with Gasteiger partial charge >= 0.3 is 15.6 Å². The average Bonchev–Trinajstić information content (AvgIpc) is 3.25. The minimum absolute atomic E-state index is 0.0558. The second-order valence-electron chi connectivity index (χ2n) is 6.31. The molecule has 2 aromatic heterocycles. The van der Waals surface area contributed by atoms with E-state index in [1.165, 1.54) is 22.7 Å². The summed E-state index contributed by atoms with van der Waals surface area (Å²) in [6.45, 7) is 3.01. The van der Waals surface area contributed by atoms with Crippen LogP contribution in [0.1, 0.15) is 12.6 Å². The van der Waals surface area contributed by atoms with Gasteiger partial charge in [0.2, 0.25) is 0 Å². The number of nitrogens with one attached hydrogen (secondary N) is 1. The van der Waals surface area contributed by atoms with Gasteiger partial charge in [-0.1, -0.05) is 17.8 Å². The van der Waals surface area contributed by atoms with Gasteiger partial charge in [0, 0.05) is 19.2 Å². The quantitative estimate of drug-likeness (QED) is 0.135. The zero-order chi connectivity index (χ0) is 22.8. The van der Waals surface area contributed by atoms with Crippen LogP contribution in [0.25, 0.3) is 11.2 Å². The number of thioether (sulfide) groups is 1. The van der Waals surface area contributed by atoms with Crippen LogP contribution in [-0.4, -0.2) is 70.7 Å². The lowest BCUT2D eigenvalue weighted by Crippen LogP contribution is -2.28. The number of imidazole rings is 1. The maximum atomic E-state index is 11.3. The van der Waals surface area contributed by atoms with Gasteiger partial charge in [0.1, 0.15) is 18.4 Å². The highest BCUT2D eigenvalue weighted by Gasteiger charge is 2.42. The number of phosphoric ester groups is 2. The molecule has 14 nitrogen and oxygen atoms in total. The summed E-state index contributed by atoms with van der Waals surface area (Å²) < 4.78 is 38.8. The summed E-state index contributed by atoms with van der Waals surface area (Å²) in [6.07, 6.45) is -0.140. The van der Waals surface area contributed by atoms with Crippen LogP contribution in [0.2, 0.25) is 0 Å². The highest BCUT2D eigenvalue weighted by Crippen LogP contribution is 2.45. The van der Waals surface area contributed by atoms with Crippen molar-refractivity contribution in [2.45, 2.75) is 30.0 Å². The zero-order valence-electron chi connectivity index (χ0n) is 16.1. The lowest BCUT2D eigenvalue weighted by molar-refractivity contribution is -0.0417. The number of fused-ring (bicyclic) bond motifs is 1. The van der Waals surface area contributed by atoms with Gasteiger partial charge < -0.3 is 29.6 Å². The molecule has 1 saturated heterocycles. The Morgan fingerprint density at radius 2 is 2.10 bits per heavy atom. The average molecular weight is 497 g/mol. The fourth-order valence-electron chi connectivity index (χ4n) is 2.96. The van der Waals surface area contributed by atoms with Gasteiger partial charge in [-0.05, 0) is 0 Å². The molecule has 3 atom stereocenters. The number of rotatable bonds is 10. The van der Waals surface area contributed by atoms with Crippen molar-refractivity contribution in [2.75, 3.05) is 24.7 Å². The van der Waals surface area contributed by atoms with Crippen molar-refractivity contribution in [3.63, 3.8) is 0 Å². The smallest absolute Gasteiger partial charge is 0.371 e. The Labute approximate surface area is 180 Å². The van der Waals surface area contributed by atoms with E-state index in [0.717, 1.165) is 0 Å². The molecule has 1 aliphatic heterocycles. The van der Waals surface area contributed by atoms with Crippen LogP contribution in [0.15, 0.2) is 24.1 Å². The molecular weight excluding hydrogens is 476 g/mol. The first-order chi connectivity index (χ1) is 14.5. The van der Waals surface area contributed by atoms with Crippen LogP contribution in [0, 0.1) is 0 Å². The fourth-order valence-corrected chi connectivity index (χ4v) is 4.45. The van der Waals surface area contributed by atoms with Crippen LogP contribution in [0.5, 0.6) is 0 Å². The predicted molar refractivity (Wildman–Crippen MR) is 109 cm³/mol. The van der Waals surface area contributed by atoms with E-state index in [1.54, 1.807) is 13.1 Å². The summed E-state index contributed by atoms with van der Waals surface area (Å²) in [7, 11) is -8.06. The largest absolute Gasteiger partial charge is 0.469 e. The van der Waals surface area contributed by atoms with Crippen LogP contribution in [-0.2, 0) is 22.9 Å². The number of nitrogens with zero attached hydrogens (tertiary/aromatic N) is 4. The lowest BCUT2D eigenvalue weighted by Gasteiger charge is -2.19. The molecule has 2 aromatic rings. The Hall–Kier alpha value is -1.38. The van der Waals surface area contributed by atoms with E-state index in [4.69, 9.17) is 19.0 Å². The minimum atomic E-state index is -4.90. The highest BCUT2D eigenvalue weighted by atomic mass is 32.2. The SMILES string of the molecule is C=CCSc1nc(NC)c2ncn([C@H]3C[C@H](OP(=O)(O)O)[C@@H](COP(=O)(O)O)O3)c2n1. The molecule has 1 aliphatic rings. The first kappa shape index (κ1) is 24.3. The molecule has 0 aromatic carbocycles. The number of hydrogen-bond acceptors (Lipinski definition) is 10. The molecule has 0 unspecified atom stereocenters. The maximum absolute atomic E-state index is 11.3. The van der Waals surface area contributed by atoms with Gasteiger partial charge in [-0.15, -0.1) is 6.58 Å². The molecule has 1 fully saturated rings. The summed E-state index contributed by atoms with van der Waals surface area (Å²) in [4.78, 5) is 49.4. The van der Waals surface area contributed by atoms with Gasteiger partial charge in [-0.3, -0.25) is 13.6 Å². The van der Waals surface area contributed by atoms with E-state index in [2.05, 4.69) is 31.4 Å². The van der Waals surface area contributed by atoms with Gasteiger partial charge in [0.25, 0.3) is 0 Å². The van der Waals surface area contributed by atoms with Crippen molar-refractivity contribution in [3.05, 3.63) is 19.0 Å². The highest BCUT2D eigenvalue weighted by molar-refractivity contribution is 7.99. The summed E-state index contributed by atoms with van der Waals surface area (Å²) in [5.41, 5.74) is 0.832. The van der Waals surface area contributed by atoms with Gasteiger partial charge in [0.15, 0.2) is 22.1 Å². The molecule has 0 saturated carbocycles. The van der Waals surface area contributed by atoms with Crippen LogP contribution < -0.4 is 5.32 Å². The van der Waals surface area contributed by atoms with E-state index >= 15 is 0 Å². The Balaban J connectivity index is 1.92. The van der Waals surface area contributed by atoms with E-state index in [-0.39, 0.29) is 6.42 Å². The van der Waals surface area contributed by atoms with Gasteiger partial charge in [0.05, 0.1) is 12.9 Å². The molecule has 31 heavy (non-hydrogen) atoms. The van der Waals surface area contributed by atoms with E-state index in [9.17, 15) is 18.9 Å². The summed E-state index contributed by atoms with van der Waals surface area (Å²) in [6, 6.07) is 0. The number of ether oxygens (including phenoxy) is 1. The molecule has 3 heterocycles. The number of anilines is 1. The van der Waals surface area contributed by atoms with Crippen molar-refractivity contribution >= 4 is 44.4 Å². The fraction of sp³-hybridized carbons (Fsp3) is 0.500. The van der Waals surface area contributed by atoms with Crippen molar-refractivity contribution in [2.24, 2.45) is 0 Å². The number of hydrogen-bond donors (Lipinski definition) is 5. The van der Waals surface area contributed by atoms with Crippen molar-refractivity contribution < 1.29 is 42.5 Å². The molecule has 5 N–H and O–H groups in total. The second-order valence-corrected chi connectivity index (χ2v) is 9.73. The Kier molecular flexibility index (Phi) is 7.54. The zero-order valence-corrected chi connectivity index (χ0v) is 18.7. The van der Waals surface area contributed by atoms with Crippen molar-refractivity contribution in [1.82, 2.24) is 19.5 Å². The predicted octanol–water partition coefficient (Wildman–Crippen LogP) is 1.02. The monoisotopic (exact) mass is 497 g/mol. The number of aromatic nitrogens is 4. The summed E-state index contributed by atoms with van der Waals surface area (Å²) in [5, 5.41) is 3.38. The van der Waals surface area contributed by atoms with Crippen LogP contribution in [0.4, 0.5) is 5.82 Å². The van der Waals surface area contributed by atoms with E-state index in [0.29, 0.717) is 27.9 Å². The van der Waals surface area contributed by atoms with E-state index in [1.807, 2.05) is 0 Å². The normalized spacial score (nSPS) is 22.2. The molecule has 172 valence electrons. The second kappa shape index (κ2) is 9.63. The summed E-state index contributed by atoms with van der Waals surface area (Å²) >= 11 is 1.34. The summed E-state index contributed by atoms with van der Waals surface area (Å²) in [5.74, 6) is 1.04. The number of phosphoric acid groups is 2. The lowest BCUT2D eigenvalue weighted by atomic mass is 10.2. The molecule has 0 spiro atoms. The first-order valence-corrected chi connectivity index (χ1v) is 12.8. The molecule has 0 bridgehead atoms. The van der Waals surface area contributed by atoms with Crippen LogP contribution in [0.3, 0.4) is 0 Å². The van der Waals surface area contributed by atoms with Gasteiger partial charge in [-0.25, -0.2) is 24.1 Å². The Bertz CT molecular complexity index is 1040. The minimum Gasteiger partial charge on any atom is -0.371 e. The molecule has 17 heteroatoms. The first-order valence-electron chi connectivity index (χ1n) is 8.76. The van der Waals surface area contributed by atoms with Crippen molar-refractivity contribution in [1.29, 1.82) is 0 Å². The van der Waals surface area contributed by atoms with Crippen LogP contribution >= 0.6 is 27.4 Å². The maximum Gasteiger partial charge on any atom is 0.469 e. The molecule has 0 aliphatic carbocycles. The topological polar surface area (TPSA) is 198 Å². The Morgan fingerprint density at radius 3 is 2.71 bits per heavy atom. The van der Waals surface area contributed by atoms with Crippen molar-refractivity contribution in [3.8, 4) is 0 Å². The third-order valence-electron chi connectivity index (χ3n) is 4.14. The van der Waals surface area contributed by atoms with E-state index < -0.39 is 40.7 Å². The Morgan fingerprint density at radius 1 is 1.35 bits per heavy atom. The molecule has 3 rings (SSSR count). The molecular formula is C14H21N5O9P2S. The third-order valence-corrected chi connectivity index (χ3v) is 6.01.